The molecule has 2 aromatic carbocycles. The number of carbonyl (C=O) groups is 2. The number of hydrogen-bond donors (Lipinski definition) is 1. The molecular formula is C31H33ClF3NO8. The molecule has 0 aliphatic heterocycles. The van der Waals surface area contributed by atoms with Crippen molar-refractivity contribution in [3.05, 3.63) is 75.2 Å². The number of Topliss-reactive ketones (excluding diaryl/α,β-unsaturated/α-hetero) is 1. The van der Waals surface area contributed by atoms with Gasteiger partial charge in [-0.25, -0.2) is 4.79 Å². The number of pyridine rings is 1. The zero-order valence-corrected chi connectivity index (χ0v) is 25.5. The van der Waals surface area contributed by atoms with Crippen LogP contribution in [0.1, 0.15) is 49.2 Å². The number of methoxy groups -OCH3 is 2. The number of carboxylic acid groups (broad SMARTS) is 1. The van der Waals surface area contributed by atoms with Crippen molar-refractivity contribution in [3.63, 3.8) is 0 Å². The van der Waals surface area contributed by atoms with Crippen LogP contribution >= 0.6 is 11.6 Å². The van der Waals surface area contributed by atoms with Crippen molar-refractivity contribution in [2.75, 3.05) is 27.4 Å². The lowest BCUT2D eigenvalue weighted by Gasteiger charge is -2.24. The van der Waals surface area contributed by atoms with E-state index in [2.05, 4.69) is 0 Å². The third-order valence-electron chi connectivity index (χ3n) is 6.40. The molecule has 0 amide bonds. The zero-order chi connectivity index (χ0) is 32.8. The summed E-state index contributed by atoms with van der Waals surface area (Å²) in [5.74, 6) is -1.61. The number of halogens is 4. The van der Waals surface area contributed by atoms with E-state index in [0.29, 0.717) is 5.56 Å². The molecule has 1 aromatic heterocycles. The molecule has 9 nitrogen and oxygen atoms in total. The lowest BCUT2D eigenvalue weighted by Crippen LogP contribution is -2.32. The smallest absolute Gasteiger partial charge is 0.422 e. The summed E-state index contributed by atoms with van der Waals surface area (Å²) in [6.07, 6.45) is -3.37. The Balaban J connectivity index is 2.06. The monoisotopic (exact) mass is 639 g/mol. The third kappa shape index (κ3) is 9.23. The summed E-state index contributed by atoms with van der Waals surface area (Å²) >= 11 is 6.13. The van der Waals surface area contributed by atoms with Gasteiger partial charge < -0.3 is 28.6 Å². The number of aromatic nitrogens is 1. The molecule has 0 spiro atoms. The highest BCUT2D eigenvalue weighted by Gasteiger charge is 2.30. The number of ketones is 1. The van der Waals surface area contributed by atoms with E-state index in [1.54, 1.807) is 0 Å². The van der Waals surface area contributed by atoms with Gasteiger partial charge in [-0.3, -0.25) is 9.59 Å². The van der Waals surface area contributed by atoms with E-state index in [1.807, 2.05) is 20.8 Å². The Hall–Kier alpha value is -4.03. The third-order valence-corrected chi connectivity index (χ3v) is 6.63. The first-order chi connectivity index (χ1) is 20.5. The maximum absolute atomic E-state index is 13.7. The van der Waals surface area contributed by atoms with Gasteiger partial charge in [0.1, 0.15) is 22.8 Å². The molecule has 3 aromatic rings. The van der Waals surface area contributed by atoms with Crippen LogP contribution < -0.4 is 19.8 Å². The van der Waals surface area contributed by atoms with Gasteiger partial charge in [-0.1, -0.05) is 17.7 Å². The molecule has 44 heavy (non-hydrogen) atoms. The number of hydrogen-bond acceptors (Lipinski definition) is 7. The van der Waals surface area contributed by atoms with Crippen LogP contribution in [0.2, 0.25) is 5.02 Å². The SMILES string of the molecule is COc1cc(CC(=O)C(CCOC(C)(C)C)n2cc(OC)c(-c3cc(Cl)ccc3OCC(F)(F)F)cc2=O)ccc1C(=O)O. The molecule has 0 bridgehead atoms. The summed E-state index contributed by atoms with van der Waals surface area (Å²) in [6.45, 7) is 4.07. The average molecular weight is 640 g/mol. The van der Waals surface area contributed by atoms with Crippen LogP contribution in [0, 0.1) is 0 Å². The minimum Gasteiger partial charge on any atom is -0.496 e. The molecule has 0 saturated heterocycles. The number of alkyl halides is 3. The fraction of sp³-hybridized carbons (Fsp3) is 0.387. The number of carboxylic acids is 1. The lowest BCUT2D eigenvalue weighted by atomic mass is 9.99. The maximum atomic E-state index is 13.7. The first kappa shape index (κ1) is 34.5. The van der Waals surface area contributed by atoms with Crippen molar-refractivity contribution in [1.29, 1.82) is 0 Å². The number of ether oxygens (including phenoxy) is 4. The predicted octanol–water partition coefficient (Wildman–Crippen LogP) is 6.38. The summed E-state index contributed by atoms with van der Waals surface area (Å²) in [7, 11) is 2.62. The molecule has 1 atom stereocenters. The molecule has 0 aliphatic rings. The van der Waals surface area contributed by atoms with E-state index in [4.69, 9.17) is 30.5 Å². The van der Waals surface area contributed by atoms with E-state index in [0.717, 1.165) is 6.07 Å². The van der Waals surface area contributed by atoms with Crippen LogP contribution in [-0.2, 0) is 16.0 Å². The Bertz CT molecular complexity index is 1560. The minimum atomic E-state index is -4.61. The second-order valence-electron chi connectivity index (χ2n) is 10.8. The zero-order valence-electron chi connectivity index (χ0n) is 24.8. The molecule has 1 heterocycles. The van der Waals surface area contributed by atoms with Crippen molar-refractivity contribution in [2.45, 2.75) is 51.4 Å². The first-order valence-corrected chi connectivity index (χ1v) is 13.8. The Kier molecular flexibility index (Phi) is 11.1. The van der Waals surface area contributed by atoms with E-state index >= 15 is 0 Å². The Labute approximate surface area is 257 Å². The highest BCUT2D eigenvalue weighted by atomic mass is 35.5. The van der Waals surface area contributed by atoms with Gasteiger partial charge >= 0.3 is 12.1 Å². The van der Waals surface area contributed by atoms with Crippen molar-refractivity contribution in [1.82, 2.24) is 4.57 Å². The molecule has 1 unspecified atom stereocenters. The minimum absolute atomic E-state index is 0.0728. The standard InChI is InChI=1S/C31H33ClF3NO8/c1-30(2,3)44-11-10-23(24(37)12-18-6-8-20(29(39)40)26(13-18)41-4)36-16-27(42-5)22(15-28(36)38)21-14-19(32)7-9-25(21)43-17-31(33,34)35/h6-9,13-16,23H,10-12,17H2,1-5H3,(H,39,40). The average Bonchev–Trinajstić information content (AvgIpc) is 2.93. The Morgan fingerprint density at radius 2 is 1.61 bits per heavy atom. The fourth-order valence-electron chi connectivity index (χ4n) is 4.42. The van der Waals surface area contributed by atoms with E-state index in [-0.39, 0.29) is 64.2 Å². The summed E-state index contributed by atoms with van der Waals surface area (Å²) < 4.78 is 61.4. The highest BCUT2D eigenvalue weighted by molar-refractivity contribution is 6.31. The molecule has 13 heteroatoms. The number of benzene rings is 2. The maximum Gasteiger partial charge on any atom is 0.422 e. The number of rotatable bonds is 13. The van der Waals surface area contributed by atoms with Gasteiger partial charge in [-0.05, 0) is 63.1 Å². The fourth-order valence-corrected chi connectivity index (χ4v) is 4.59. The van der Waals surface area contributed by atoms with Crippen molar-refractivity contribution >= 4 is 23.4 Å². The number of nitrogens with zero attached hydrogens (tertiary/aromatic N) is 1. The number of aromatic carboxylic acids is 1. The summed E-state index contributed by atoms with van der Waals surface area (Å²) in [4.78, 5) is 38.7. The predicted molar refractivity (Wildman–Crippen MR) is 157 cm³/mol. The summed E-state index contributed by atoms with van der Waals surface area (Å²) in [5, 5.41) is 9.56. The van der Waals surface area contributed by atoms with Gasteiger partial charge in [0.15, 0.2) is 12.4 Å². The van der Waals surface area contributed by atoms with E-state index in [9.17, 15) is 32.7 Å². The van der Waals surface area contributed by atoms with Gasteiger partial charge in [0.05, 0.1) is 32.1 Å². The summed E-state index contributed by atoms with van der Waals surface area (Å²) in [5.41, 5.74) is -0.586. The normalized spacial score (nSPS) is 12.5. The van der Waals surface area contributed by atoms with Crippen LogP contribution in [0.5, 0.6) is 17.2 Å². The molecule has 0 aliphatic carbocycles. The van der Waals surface area contributed by atoms with Crippen LogP contribution in [-0.4, -0.2) is 60.6 Å². The highest BCUT2D eigenvalue weighted by Crippen LogP contribution is 2.38. The van der Waals surface area contributed by atoms with Gasteiger partial charge in [0, 0.05) is 35.2 Å². The second-order valence-corrected chi connectivity index (χ2v) is 11.2. The van der Waals surface area contributed by atoms with Gasteiger partial charge in [-0.2, -0.15) is 13.2 Å². The van der Waals surface area contributed by atoms with E-state index < -0.39 is 36.0 Å². The van der Waals surface area contributed by atoms with Crippen molar-refractivity contribution in [2.24, 2.45) is 0 Å². The topological polar surface area (TPSA) is 113 Å². The molecule has 0 saturated carbocycles. The quantitative estimate of drug-likeness (QED) is 0.229. The van der Waals surface area contributed by atoms with Crippen molar-refractivity contribution < 1.29 is 46.8 Å². The van der Waals surface area contributed by atoms with Gasteiger partial charge in [-0.15, -0.1) is 0 Å². The lowest BCUT2D eigenvalue weighted by molar-refractivity contribution is -0.153. The molecule has 1 N–H and O–H groups in total. The molecule has 0 fully saturated rings. The number of carbonyl (C=O) groups excluding carboxylic acids is 1. The van der Waals surface area contributed by atoms with Gasteiger partial charge in [0.25, 0.3) is 5.56 Å². The largest absolute Gasteiger partial charge is 0.496 e. The molecule has 238 valence electrons. The van der Waals surface area contributed by atoms with E-state index in [1.165, 1.54) is 61.4 Å². The van der Waals surface area contributed by atoms with Crippen molar-refractivity contribution in [3.8, 4) is 28.4 Å². The molecular weight excluding hydrogens is 607 g/mol. The van der Waals surface area contributed by atoms with Crippen LogP contribution in [0.25, 0.3) is 11.1 Å². The Morgan fingerprint density at radius 1 is 0.955 bits per heavy atom. The molecule has 0 radical (unpaired) electrons. The van der Waals surface area contributed by atoms with Crippen LogP contribution in [0.15, 0.2) is 53.5 Å². The Morgan fingerprint density at radius 3 is 2.20 bits per heavy atom. The summed E-state index contributed by atoms with van der Waals surface area (Å²) in [6, 6.07) is 8.32. The second kappa shape index (κ2) is 14.2. The van der Waals surface area contributed by atoms with Crippen LogP contribution in [0.4, 0.5) is 13.2 Å². The van der Waals surface area contributed by atoms with Gasteiger partial charge in [0.2, 0.25) is 0 Å². The first-order valence-electron chi connectivity index (χ1n) is 13.4. The molecule has 3 rings (SSSR count). The van der Waals surface area contributed by atoms with Crippen LogP contribution in [0.3, 0.4) is 0 Å².